The molecule has 0 aromatic heterocycles. The van der Waals surface area contributed by atoms with Crippen molar-refractivity contribution in [3.8, 4) is 0 Å². The summed E-state index contributed by atoms with van der Waals surface area (Å²) in [6.45, 7) is 2.07. The fourth-order valence-corrected chi connectivity index (χ4v) is 2.79. The van der Waals surface area contributed by atoms with Gasteiger partial charge in [0.25, 0.3) is 0 Å². The van der Waals surface area contributed by atoms with Crippen LogP contribution in [-0.2, 0) is 9.59 Å². The van der Waals surface area contributed by atoms with Gasteiger partial charge in [0.05, 0.1) is 18.6 Å². The Labute approximate surface area is 153 Å². The maximum absolute atomic E-state index is 11.2. The monoisotopic (exact) mass is 378 g/mol. The average molecular weight is 378 g/mol. The van der Waals surface area contributed by atoms with Crippen molar-refractivity contribution in [3.63, 3.8) is 0 Å². The predicted octanol–water partition coefficient (Wildman–Crippen LogP) is -1.53. The van der Waals surface area contributed by atoms with E-state index in [-0.39, 0.29) is 25.4 Å². The predicted molar refractivity (Wildman–Crippen MR) is 97.6 cm³/mol. The molecule has 0 saturated carbocycles. The van der Waals surface area contributed by atoms with Crippen LogP contribution >= 0.6 is 12.2 Å². The van der Waals surface area contributed by atoms with Gasteiger partial charge in [0.1, 0.15) is 0 Å². The van der Waals surface area contributed by atoms with Crippen molar-refractivity contribution in [1.29, 1.82) is 0 Å². The second kappa shape index (κ2) is 12.2. The number of carbonyl (C=O) groups excluding carboxylic acids is 1. The summed E-state index contributed by atoms with van der Waals surface area (Å²) < 4.78 is 0. The van der Waals surface area contributed by atoms with Crippen molar-refractivity contribution >= 4 is 29.0 Å². The zero-order chi connectivity index (χ0) is 19.6. The highest BCUT2D eigenvalue weighted by Crippen LogP contribution is 2.17. The smallest absolute Gasteiger partial charge is 0.309 e. The standard InChI is InChI=1S/C15H30N4O5S/c1-9(21)13(15(23)24)5-12(25)3-10(4-14(17)22)6-18-19(2)7-11(16)8-20/h9-11,13,18,20-21H,3-8,16H2,1-2H3,(H2,17,22)(H,23,24)/t9?,10-,11+,13-/m0/s1. The number of aliphatic carboxylic acids is 1. The van der Waals surface area contributed by atoms with Crippen molar-refractivity contribution in [2.45, 2.75) is 38.3 Å². The Balaban J connectivity index is 4.63. The molecule has 25 heavy (non-hydrogen) atoms. The molecule has 0 rings (SSSR count). The largest absolute Gasteiger partial charge is 0.481 e. The lowest BCUT2D eigenvalue weighted by atomic mass is 9.92. The molecule has 0 aliphatic rings. The van der Waals surface area contributed by atoms with Gasteiger partial charge in [0, 0.05) is 32.6 Å². The van der Waals surface area contributed by atoms with Gasteiger partial charge < -0.3 is 26.8 Å². The Kier molecular flexibility index (Phi) is 11.7. The minimum Gasteiger partial charge on any atom is -0.481 e. The molecule has 9 nitrogen and oxygen atoms in total. The van der Waals surface area contributed by atoms with Gasteiger partial charge >= 0.3 is 5.97 Å². The Bertz CT molecular complexity index is 450. The number of carbonyl (C=O) groups is 2. The second-order valence-electron chi connectivity index (χ2n) is 6.35. The van der Waals surface area contributed by atoms with Gasteiger partial charge in [0.15, 0.2) is 0 Å². The van der Waals surface area contributed by atoms with E-state index in [9.17, 15) is 14.7 Å². The highest BCUT2D eigenvalue weighted by molar-refractivity contribution is 7.80. The number of hydrazine groups is 1. The summed E-state index contributed by atoms with van der Waals surface area (Å²) in [6, 6.07) is -0.393. The molecule has 0 heterocycles. The third kappa shape index (κ3) is 11.1. The highest BCUT2D eigenvalue weighted by Gasteiger charge is 2.26. The average Bonchev–Trinajstić information content (AvgIpc) is 2.48. The van der Waals surface area contributed by atoms with Crippen molar-refractivity contribution < 1.29 is 24.9 Å². The SMILES string of the molecule is CC(O)[C@H](CC(=S)C[C@H](CNN(C)C[C@@H](N)CO)CC(N)=O)C(=O)O. The van der Waals surface area contributed by atoms with Crippen LogP contribution < -0.4 is 16.9 Å². The number of rotatable bonds is 14. The summed E-state index contributed by atoms with van der Waals surface area (Å²) in [5, 5.41) is 29.3. The minimum atomic E-state index is -1.11. The van der Waals surface area contributed by atoms with E-state index < -0.39 is 29.9 Å². The van der Waals surface area contributed by atoms with E-state index in [1.807, 2.05) is 0 Å². The zero-order valence-electron chi connectivity index (χ0n) is 14.7. The minimum absolute atomic E-state index is 0.0584. The number of nitrogens with two attached hydrogens (primary N) is 2. The van der Waals surface area contributed by atoms with Gasteiger partial charge in [-0.05, 0) is 30.5 Å². The number of amides is 1. The summed E-state index contributed by atoms with van der Waals surface area (Å²) in [4.78, 5) is 22.9. The Hall–Kier alpha value is -1.17. The van der Waals surface area contributed by atoms with Crippen molar-refractivity contribution in [2.75, 3.05) is 26.7 Å². The molecular formula is C15H30N4O5S. The summed E-state index contributed by atoms with van der Waals surface area (Å²) in [6.07, 6.45) is -0.529. The van der Waals surface area contributed by atoms with E-state index >= 15 is 0 Å². The first-order valence-electron chi connectivity index (χ1n) is 8.08. The van der Waals surface area contributed by atoms with Gasteiger partial charge in [-0.2, -0.15) is 0 Å². The van der Waals surface area contributed by atoms with Crippen molar-refractivity contribution in [3.05, 3.63) is 0 Å². The Morgan fingerprint density at radius 2 is 1.88 bits per heavy atom. The number of aliphatic hydroxyl groups is 2. The first-order valence-corrected chi connectivity index (χ1v) is 8.49. The molecule has 0 fully saturated rings. The number of carboxylic acid groups (broad SMARTS) is 1. The van der Waals surface area contributed by atoms with Crippen LogP contribution in [0.25, 0.3) is 0 Å². The third-order valence-corrected chi connectivity index (χ3v) is 4.08. The Morgan fingerprint density at radius 1 is 1.28 bits per heavy atom. The number of carboxylic acids is 1. The van der Waals surface area contributed by atoms with E-state index in [4.69, 9.17) is 33.9 Å². The molecule has 10 heteroatoms. The fraction of sp³-hybridized carbons (Fsp3) is 0.800. The maximum atomic E-state index is 11.2. The van der Waals surface area contributed by atoms with Crippen LogP contribution in [0.4, 0.5) is 0 Å². The molecule has 4 atom stereocenters. The van der Waals surface area contributed by atoms with E-state index in [0.717, 1.165) is 0 Å². The molecule has 0 aliphatic carbocycles. The van der Waals surface area contributed by atoms with Crippen LogP contribution in [0.1, 0.15) is 26.2 Å². The molecule has 1 unspecified atom stereocenters. The lowest BCUT2D eigenvalue weighted by Gasteiger charge is -2.25. The molecule has 0 bridgehead atoms. The molecule has 0 aromatic carbocycles. The summed E-state index contributed by atoms with van der Waals surface area (Å²) >= 11 is 5.25. The highest BCUT2D eigenvalue weighted by atomic mass is 32.1. The van der Waals surface area contributed by atoms with Gasteiger partial charge in [-0.25, -0.2) is 5.01 Å². The Morgan fingerprint density at radius 3 is 2.32 bits per heavy atom. The summed E-state index contributed by atoms with van der Waals surface area (Å²) in [5.41, 5.74) is 14.0. The number of nitrogens with zero attached hydrogens (tertiary/aromatic N) is 1. The molecular weight excluding hydrogens is 348 g/mol. The molecule has 0 saturated heterocycles. The summed E-state index contributed by atoms with van der Waals surface area (Å²) in [5.74, 6) is -2.77. The molecule has 0 spiro atoms. The number of likely N-dealkylation sites (N-methyl/N-ethyl adjacent to an activating group) is 1. The first-order chi connectivity index (χ1) is 11.6. The quantitative estimate of drug-likeness (QED) is 0.155. The van der Waals surface area contributed by atoms with E-state index in [1.54, 1.807) is 12.1 Å². The number of nitrogens with one attached hydrogen (secondary N) is 1. The number of primary amides is 1. The molecule has 1 amide bonds. The molecule has 0 radical (unpaired) electrons. The van der Waals surface area contributed by atoms with E-state index in [2.05, 4.69) is 5.43 Å². The normalized spacial score (nSPS) is 16.2. The molecule has 8 N–H and O–H groups in total. The fourth-order valence-electron chi connectivity index (χ4n) is 2.37. The topological polar surface area (TPSA) is 162 Å². The number of aliphatic hydroxyl groups excluding tert-OH is 2. The van der Waals surface area contributed by atoms with Crippen LogP contribution in [0.15, 0.2) is 0 Å². The van der Waals surface area contributed by atoms with Gasteiger partial charge in [-0.15, -0.1) is 0 Å². The number of hydrogen-bond acceptors (Lipinski definition) is 8. The molecule has 0 aliphatic heterocycles. The number of hydrogen-bond donors (Lipinski definition) is 6. The van der Waals surface area contributed by atoms with Crippen LogP contribution in [-0.4, -0.2) is 76.0 Å². The maximum Gasteiger partial charge on any atom is 0.309 e. The van der Waals surface area contributed by atoms with Crippen LogP contribution in [0.3, 0.4) is 0 Å². The van der Waals surface area contributed by atoms with Gasteiger partial charge in [-0.3, -0.25) is 15.0 Å². The van der Waals surface area contributed by atoms with Crippen molar-refractivity contribution in [1.82, 2.24) is 10.4 Å². The number of thiocarbonyl (C=S) groups is 1. The first kappa shape index (κ1) is 23.8. The second-order valence-corrected chi connectivity index (χ2v) is 6.93. The van der Waals surface area contributed by atoms with Crippen LogP contribution in [0, 0.1) is 11.8 Å². The summed E-state index contributed by atoms with van der Waals surface area (Å²) in [7, 11) is 1.75. The van der Waals surface area contributed by atoms with Gasteiger partial charge in [0.2, 0.25) is 5.91 Å². The van der Waals surface area contributed by atoms with Gasteiger partial charge in [-0.1, -0.05) is 12.2 Å². The molecule has 0 aromatic rings. The third-order valence-electron chi connectivity index (χ3n) is 3.75. The molecule has 146 valence electrons. The lowest BCUT2D eigenvalue weighted by Crippen LogP contribution is -2.46. The van der Waals surface area contributed by atoms with Crippen LogP contribution in [0.2, 0.25) is 0 Å². The van der Waals surface area contributed by atoms with E-state index in [1.165, 1.54) is 6.92 Å². The van der Waals surface area contributed by atoms with Crippen molar-refractivity contribution in [2.24, 2.45) is 23.3 Å². The van der Waals surface area contributed by atoms with E-state index in [0.29, 0.717) is 24.4 Å². The lowest BCUT2D eigenvalue weighted by molar-refractivity contribution is -0.144. The zero-order valence-corrected chi connectivity index (χ0v) is 15.5. The van der Waals surface area contributed by atoms with Crippen LogP contribution in [0.5, 0.6) is 0 Å².